The molecule has 1 heterocycles. The van der Waals surface area contributed by atoms with Crippen LogP contribution in [-0.2, 0) is 0 Å². The van der Waals surface area contributed by atoms with Gasteiger partial charge in [0.2, 0.25) is 0 Å². The van der Waals surface area contributed by atoms with Gasteiger partial charge in [0.25, 0.3) is 0 Å². The standard InChI is InChI=1S/C11H20OS2/c1-7-8(2)14-11(6-13-7)10(12)5-9-3-4-9/h7-12H,3-6H2,1-2H3. The van der Waals surface area contributed by atoms with Gasteiger partial charge in [-0.3, -0.25) is 0 Å². The molecule has 1 aliphatic carbocycles. The lowest BCUT2D eigenvalue weighted by atomic mass is 10.1. The van der Waals surface area contributed by atoms with E-state index in [2.05, 4.69) is 13.8 Å². The first-order valence-electron chi connectivity index (χ1n) is 5.62. The SMILES string of the molecule is CC1SCC(C(O)CC2CC2)SC1C. The molecule has 0 aromatic rings. The molecule has 1 N–H and O–H groups in total. The lowest BCUT2D eigenvalue weighted by Crippen LogP contribution is -2.34. The molecule has 4 atom stereocenters. The van der Waals surface area contributed by atoms with Gasteiger partial charge >= 0.3 is 0 Å². The lowest BCUT2D eigenvalue weighted by molar-refractivity contribution is 0.159. The van der Waals surface area contributed by atoms with Crippen LogP contribution in [0.4, 0.5) is 0 Å². The van der Waals surface area contributed by atoms with Gasteiger partial charge in [0.05, 0.1) is 6.10 Å². The Bertz CT molecular complexity index is 194. The maximum atomic E-state index is 10.1. The van der Waals surface area contributed by atoms with Crippen molar-refractivity contribution < 1.29 is 5.11 Å². The number of rotatable bonds is 3. The Balaban J connectivity index is 1.78. The zero-order valence-corrected chi connectivity index (χ0v) is 10.6. The van der Waals surface area contributed by atoms with Crippen molar-refractivity contribution in [2.45, 2.75) is 55.0 Å². The molecule has 1 nitrogen and oxygen atoms in total. The Kier molecular flexibility index (Phi) is 3.72. The smallest absolute Gasteiger partial charge is 0.0669 e. The minimum Gasteiger partial charge on any atom is -0.392 e. The summed E-state index contributed by atoms with van der Waals surface area (Å²) in [7, 11) is 0. The van der Waals surface area contributed by atoms with Crippen molar-refractivity contribution >= 4 is 23.5 Å². The number of aliphatic hydroxyl groups is 1. The molecule has 3 heteroatoms. The van der Waals surface area contributed by atoms with Crippen LogP contribution in [0.1, 0.15) is 33.1 Å². The maximum absolute atomic E-state index is 10.1. The lowest BCUT2D eigenvalue weighted by Gasteiger charge is -2.33. The topological polar surface area (TPSA) is 20.2 Å². The van der Waals surface area contributed by atoms with Gasteiger partial charge in [0.15, 0.2) is 0 Å². The second kappa shape index (κ2) is 4.67. The third-order valence-electron chi connectivity index (χ3n) is 3.27. The van der Waals surface area contributed by atoms with E-state index in [1.807, 2.05) is 23.5 Å². The van der Waals surface area contributed by atoms with Crippen molar-refractivity contribution in [3.8, 4) is 0 Å². The molecule has 0 amide bonds. The van der Waals surface area contributed by atoms with Gasteiger partial charge in [-0.15, -0.1) is 0 Å². The highest BCUT2D eigenvalue weighted by molar-refractivity contribution is 8.07. The largest absolute Gasteiger partial charge is 0.392 e. The second-order valence-corrected chi connectivity index (χ2v) is 7.70. The van der Waals surface area contributed by atoms with Crippen LogP contribution < -0.4 is 0 Å². The van der Waals surface area contributed by atoms with Crippen LogP contribution in [0.2, 0.25) is 0 Å². The summed E-state index contributed by atoms with van der Waals surface area (Å²) in [5.74, 6) is 2.00. The maximum Gasteiger partial charge on any atom is 0.0669 e. The fourth-order valence-electron chi connectivity index (χ4n) is 1.86. The molecule has 4 unspecified atom stereocenters. The van der Waals surface area contributed by atoms with Crippen LogP contribution in [0.5, 0.6) is 0 Å². The Hall–Kier alpha value is 0.660. The van der Waals surface area contributed by atoms with Gasteiger partial charge in [-0.25, -0.2) is 0 Å². The van der Waals surface area contributed by atoms with E-state index in [0.29, 0.717) is 10.5 Å². The summed E-state index contributed by atoms with van der Waals surface area (Å²) < 4.78 is 0. The molecule has 14 heavy (non-hydrogen) atoms. The van der Waals surface area contributed by atoms with E-state index in [1.165, 1.54) is 12.8 Å². The number of aliphatic hydroxyl groups excluding tert-OH is 1. The predicted octanol–water partition coefficient (Wildman–Crippen LogP) is 2.77. The van der Waals surface area contributed by atoms with Crippen LogP contribution in [0.3, 0.4) is 0 Å². The van der Waals surface area contributed by atoms with Gasteiger partial charge in [0, 0.05) is 21.5 Å². The summed E-state index contributed by atoms with van der Waals surface area (Å²) in [6, 6.07) is 0. The molecular weight excluding hydrogens is 212 g/mol. The van der Waals surface area contributed by atoms with Gasteiger partial charge in [-0.2, -0.15) is 23.5 Å². The van der Waals surface area contributed by atoms with Gasteiger partial charge in [0.1, 0.15) is 0 Å². The summed E-state index contributed by atoms with van der Waals surface area (Å²) in [6.45, 7) is 4.59. The summed E-state index contributed by atoms with van der Waals surface area (Å²) in [5.41, 5.74) is 0. The van der Waals surface area contributed by atoms with E-state index in [-0.39, 0.29) is 6.10 Å². The van der Waals surface area contributed by atoms with Gasteiger partial charge in [-0.1, -0.05) is 26.7 Å². The van der Waals surface area contributed by atoms with Crippen molar-refractivity contribution in [3.05, 3.63) is 0 Å². The minimum absolute atomic E-state index is 0.0463. The Morgan fingerprint density at radius 3 is 2.57 bits per heavy atom. The molecule has 2 aliphatic rings. The molecule has 0 bridgehead atoms. The molecular formula is C11H20OS2. The molecule has 0 spiro atoms. The monoisotopic (exact) mass is 232 g/mol. The molecule has 0 radical (unpaired) electrons. The van der Waals surface area contributed by atoms with Crippen LogP contribution in [0, 0.1) is 5.92 Å². The molecule has 1 saturated carbocycles. The van der Waals surface area contributed by atoms with Crippen LogP contribution >= 0.6 is 23.5 Å². The van der Waals surface area contributed by atoms with Gasteiger partial charge < -0.3 is 5.11 Å². The summed E-state index contributed by atoms with van der Waals surface area (Å²) in [5, 5.41) is 12.0. The van der Waals surface area contributed by atoms with Crippen molar-refractivity contribution in [1.29, 1.82) is 0 Å². The quantitative estimate of drug-likeness (QED) is 0.808. The third kappa shape index (κ3) is 2.83. The molecule has 0 aromatic carbocycles. The molecule has 2 rings (SSSR count). The van der Waals surface area contributed by atoms with E-state index in [9.17, 15) is 5.11 Å². The molecule has 0 aromatic heterocycles. The Morgan fingerprint density at radius 1 is 1.29 bits per heavy atom. The molecule has 1 aliphatic heterocycles. The van der Waals surface area contributed by atoms with Gasteiger partial charge in [-0.05, 0) is 12.3 Å². The highest BCUT2D eigenvalue weighted by Gasteiger charge is 2.33. The molecule has 82 valence electrons. The zero-order chi connectivity index (χ0) is 10.1. The predicted molar refractivity (Wildman–Crippen MR) is 66.1 cm³/mol. The third-order valence-corrected chi connectivity index (χ3v) is 6.81. The molecule has 2 fully saturated rings. The number of thioether (sulfide) groups is 2. The first-order valence-corrected chi connectivity index (χ1v) is 7.61. The van der Waals surface area contributed by atoms with Crippen molar-refractivity contribution in [2.75, 3.05) is 5.75 Å². The summed E-state index contributed by atoms with van der Waals surface area (Å²) in [4.78, 5) is 0. The fourth-order valence-corrected chi connectivity index (χ4v) is 4.89. The minimum atomic E-state index is -0.0463. The van der Waals surface area contributed by atoms with Crippen LogP contribution in [0.15, 0.2) is 0 Å². The number of hydrogen-bond donors (Lipinski definition) is 1. The average molecular weight is 232 g/mol. The fraction of sp³-hybridized carbons (Fsp3) is 1.00. The average Bonchev–Trinajstić information content (AvgIpc) is 2.93. The highest BCUT2D eigenvalue weighted by Crippen LogP contribution is 2.41. The number of hydrogen-bond acceptors (Lipinski definition) is 3. The first kappa shape index (κ1) is 11.2. The first-order chi connectivity index (χ1) is 6.66. The van der Waals surface area contributed by atoms with E-state index in [4.69, 9.17) is 0 Å². The van der Waals surface area contributed by atoms with Crippen LogP contribution in [-0.4, -0.2) is 32.7 Å². The Morgan fingerprint density at radius 2 is 2.00 bits per heavy atom. The van der Waals surface area contributed by atoms with Crippen molar-refractivity contribution in [2.24, 2.45) is 5.92 Å². The van der Waals surface area contributed by atoms with E-state index in [1.54, 1.807) is 0 Å². The van der Waals surface area contributed by atoms with Crippen LogP contribution in [0.25, 0.3) is 0 Å². The van der Waals surface area contributed by atoms with Crippen molar-refractivity contribution in [3.63, 3.8) is 0 Å². The molecule has 1 saturated heterocycles. The zero-order valence-electron chi connectivity index (χ0n) is 8.98. The highest BCUT2D eigenvalue weighted by atomic mass is 32.2. The van der Waals surface area contributed by atoms with E-state index in [0.717, 1.165) is 23.3 Å². The van der Waals surface area contributed by atoms with E-state index >= 15 is 0 Å². The summed E-state index contributed by atoms with van der Waals surface area (Å²) in [6.07, 6.45) is 3.72. The normalized spacial score (nSPS) is 40.9. The van der Waals surface area contributed by atoms with Crippen molar-refractivity contribution in [1.82, 2.24) is 0 Å². The summed E-state index contributed by atoms with van der Waals surface area (Å²) >= 11 is 4.03. The Labute approximate surface area is 95.4 Å². The second-order valence-electron chi connectivity index (χ2n) is 4.66. The van der Waals surface area contributed by atoms with E-state index < -0.39 is 0 Å².